The summed E-state index contributed by atoms with van der Waals surface area (Å²) in [6.45, 7) is 9.15. The molecule has 0 aliphatic rings. The smallest absolute Gasteiger partial charge is 0.236 e. The third-order valence-corrected chi connectivity index (χ3v) is 7.51. The molecule has 0 unspecified atom stereocenters. The standard InChI is InChI=1S/C35H33F3N2/c1-33(2,3)30-19-28(18-27-8-6-7-9-29(27)30)32-20-31(39-22-40-32)26-16-14-25(15-17-26)24-12-10-23(11-13-24)21-34(4,5)35(36,37)38/h6-20,22H,21H2,1-5H3. The molecule has 4 aromatic carbocycles. The second-order valence-electron chi connectivity index (χ2n) is 12.1. The van der Waals surface area contributed by atoms with Crippen molar-refractivity contribution in [3.8, 4) is 33.6 Å². The molecule has 0 fully saturated rings. The highest BCUT2D eigenvalue weighted by atomic mass is 19.4. The van der Waals surface area contributed by atoms with Gasteiger partial charge in [0.2, 0.25) is 0 Å². The van der Waals surface area contributed by atoms with Crippen LogP contribution in [-0.2, 0) is 11.8 Å². The number of nitrogens with zero attached hydrogens (tertiary/aromatic N) is 2. The van der Waals surface area contributed by atoms with Gasteiger partial charge in [0.25, 0.3) is 0 Å². The van der Waals surface area contributed by atoms with Crippen LogP contribution in [0.2, 0.25) is 0 Å². The van der Waals surface area contributed by atoms with Gasteiger partial charge in [0.15, 0.2) is 0 Å². The molecule has 0 radical (unpaired) electrons. The molecule has 0 spiro atoms. The maximum absolute atomic E-state index is 13.3. The van der Waals surface area contributed by atoms with Gasteiger partial charge in [0, 0.05) is 11.1 Å². The van der Waals surface area contributed by atoms with Gasteiger partial charge in [-0.15, -0.1) is 0 Å². The van der Waals surface area contributed by atoms with Crippen LogP contribution in [0.3, 0.4) is 0 Å². The Morgan fingerprint density at radius 2 is 1.15 bits per heavy atom. The van der Waals surface area contributed by atoms with E-state index in [9.17, 15) is 13.2 Å². The zero-order valence-corrected chi connectivity index (χ0v) is 23.5. The molecule has 204 valence electrons. The van der Waals surface area contributed by atoms with E-state index in [0.29, 0.717) is 5.56 Å². The lowest BCUT2D eigenvalue weighted by atomic mass is 9.82. The average molecular weight is 539 g/mol. The molecule has 40 heavy (non-hydrogen) atoms. The molecule has 0 saturated carbocycles. The van der Waals surface area contributed by atoms with Crippen LogP contribution in [0.15, 0.2) is 97.3 Å². The van der Waals surface area contributed by atoms with Crippen LogP contribution in [0.4, 0.5) is 13.2 Å². The van der Waals surface area contributed by atoms with E-state index in [0.717, 1.165) is 33.6 Å². The highest BCUT2D eigenvalue weighted by Crippen LogP contribution is 2.40. The molecule has 5 aromatic rings. The van der Waals surface area contributed by atoms with E-state index in [-0.39, 0.29) is 11.8 Å². The molecule has 2 nitrogen and oxygen atoms in total. The molecule has 0 N–H and O–H groups in total. The first-order valence-electron chi connectivity index (χ1n) is 13.4. The minimum atomic E-state index is -4.24. The molecule has 0 aliphatic carbocycles. The van der Waals surface area contributed by atoms with Gasteiger partial charge >= 0.3 is 6.18 Å². The number of fused-ring (bicyclic) bond motifs is 1. The van der Waals surface area contributed by atoms with Crippen molar-refractivity contribution in [2.24, 2.45) is 5.41 Å². The Morgan fingerprint density at radius 3 is 1.75 bits per heavy atom. The lowest BCUT2D eigenvalue weighted by Crippen LogP contribution is -2.34. The summed E-state index contributed by atoms with van der Waals surface area (Å²) in [5.41, 5.74) is 5.80. The van der Waals surface area contributed by atoms with E-state index in [1.165, 1.54) is 30.2 Å². The summed E-state index contributed by atoms with van der Waals surface area (Å²) in [4.78, 5) is 9.13. The van der Waals surface area contributed by atoms with Crippen LogP contribution in [0, 0.1) is 5.41 Å². The van der Waals surface area contributed by atoms with Crippen molar-refractivity contribution in [3.63, 3.8) is 0 Å². The van der Waals surface area contributed by atoms with Gasteiger partial charge in [-0.1, -0.05) is 107 Å². The Balaban J connectivity index is 1.41. The van der Waals surface area contributed by atoms with Gasteiger partial charge in [-0.3, -0.25) is 0 Å². The Labute approximate surface area is 234 Å². The number of halogens is 3. The largest absolute Gasteiger partial charge is 0.394 e. The zero-order chi connectivity index (χ0) is 28.7. The van der Waals surface area contributed by atoms with Crippen LogP contribution < -0.4 is 0 Å². The summed E-state index contributed by atoms with van der Waals surface area (Å²) in [5.74, 6) is 0. The number of aromatic nitrogens is 2. The number of alkyl halides is 3. The molecule has 5 heteroatoms. The molecular weight excluding hydrogens is 505 g/mol. The van der Waals surface area contributed by atoms with Crippen molar-refractivity contribution < 1.29 is 13.2 Å². The Morgan fingerprint density at radius 1 is 0.600 bits per heavy atom. The Kier molecular flexibility index (Phi) is 7.03. The summed E-state index contributed by atoms with van der Waals surface area (Å²) in [5, 5.41) is 2.43. The first kappa shape index (κ1) is 27.6. The quantitative estimate of drug-likeness (QED) is 0.222. The Hall–Kier alpha value is -3.99. The maximum atomic E-state index is 13.3. The molecule has 0 bridgehead atoms. The molecule has 0 amide bonds. The van der Waals surface area contributed by atoms with Gasteiger partial charge in [0.05, 0.1) is 16.8 Å². The van der Waals surface area contributed by atoms with Gasteiger partial charge in [-0.25, -0.2) is 9.97 Å². The summed E-state index contributed by atoms with van der Waals surface area (Å²) >= 11 is 0. The van der Waals surface area contributed by atoms with Gasteiger partial charge in [-0.05, 0) is 63.1 Å². The minimum Gasteiger partial charge on any atom is -0.236 e. The lowest BCUT2D eigenvalue weighted by Gasteiger charge is -2.27. The van der Waals surface area contributed by atoms with E-state index < -0.39 is 11.6 Å². The lowest BCUT2D eigenvalue weighted by molar-refractivity contribution is -0.211. The van der Waals surface area contributed by atoms with Crippen molar-refractivity contribution >= 4 is 10.8 Å². The summed E-state index contributed by atoms with van der Waals surface area (Å²) in [6, 6.07) is 30.3. The average Bonchev–Trinajstić information content (AvgIpc) is 2.92. The first-order chi connectivity index (χ1) is 18.8. The SMILES string of the molecule is CC(C)(C)c1cc(-c2cc(-c3ccc(-c4ccc(CC(C)(C)C(F)(F)F)cc4)cc3)ncn2)cc2ccccc12. The van der Waals surface area contributed by atoms with E-state index in [1.807, 2.05) is 42.5 Å². The Bertz CT molecular complexity index is 1640. The predicted molar refractivity (Wildman–Crippen MR) is 158 cm³/mol. The van der Waals surface area contributed by atoms with Gasteiger partial charge in [0.1, 0.15) is 6.33 Å². The van der Waals surface area contributed by atoms with E-state index in [4.69, 9.17) is 0 Å². The van der Waals surface area contributed by atoms with Crippen LogP contribution in [0.1, 0.15) is 45.7 Å². The first-order valence-corrected chi connectivity index (χ1v) is 13.4. The molecular formula is C35H33F3N2. The second-order valence-corrected chi connectivity index (χ2v) is 12.1. The number of hydrogen-bond acceptors (Lipinski definition) is 2. The molecule has 5 rings (SSSR count). The third-order valence-electron chi connectivity index (χ3n) is 7.51. The van der Waals surface area contributed by atoms with Crippen molar-refractivity contribution in [1.82, 2.24) is 9.97 Å². The number of rotatable bonds is 5. The fourth-order valence-electron chi connectivity index (χ4n) is 5.01. The van der Waals surface area contributed by atoms with Crippen LogP contribution >= 0.6 is 0 Å². The van der Waals surface area contributed by atoms with Gasteiger partial charge < -0.3 is 0 Å². The van der Waals surface area contributed by atoms with Gasteiger partial charge in [-0.2, -0.15) is 13.2 Å². The highest BCUT2D eigenvalue weighted by molar-refractivity contribution is 5.91. The zero-order valence-electron chi connectivity index (χ0n) is 23.5. The maximum Gasteiger partial charge on any atom is 0.394 e. The second kappa shape index (κ2) is 10.2. The summed E-state index contributed by atoms with van der Waals surface area (Å²) in [7, 11) is 0. The normalized spacial score (nSPS) is 12.6. The fraction of sp³-hybridized carbons (Fsp3) is 0.257. The molecule has 0 saturated heterocycles. The number of hydrogen-bond donors (Lipinski definition) is 0. The van der Waals surface area contributed by atoms with Crippen molar-refractivity contribution in [2.45, 2.75) is 52.6 Å². The molecule has 0 aliphatic heterocycles. The topological polar surface area (TPSA) is 25.8 Å². The van der Waals surface area contributed by atoms with E-state index in [2.05, 4.69) is 67.1 Å². The van der Waals surface area contributed by atoms with Crippen molar-refractivity contribution in [1.29, 1.82) is 0 Å². The minimum absolute atomic E-state index is 0.0198. The summed E-state index contributed by atoms with van der Waals surface area (Å²) in [6.07, 6.45) is -2.70. The summed E-state index contributed by atoms with van der Waals surface area (Å²) < 4.78 is 39.8. The van der Waals surface area contributed by atoms with Crippen LogP contribution in [0.5, 0.6) is 0 Å². The van der Waals surface area contributed by atoms with E-state index >= 15 is 0 Å². The fourth-order valence-corrected chi connectivity index (χ4v) is 5.01. The van der Waals surface area contributed by atoms with Crippen molar-refractivity contribution in [2.75, 3.05) is 0 Å². The molecule has 1 aromatic heterocycles. The van der Waals surface area contributed by atoms with Crippen LogP contribution in [-0.4, -0.2) is 16.1 Å². The monoisotopic (exact) mass is 538 g/mol. The third kappa shape index (κ3) is 5.65. The number of benzene rings is 4. The molecule has 1 heterocycles. The van der Waals surface area contributed by atoms with Crippen molar-refractivity contribution in [3.05, 3.63) is 108 Å². The van der Waals surface area contributed by atoms with E-state index in [1.54, 1.807) is 18.5 Å². The highest BCUT2D eigenvalue weighted by Gasteiger charge is 2.46. The van der Waals surface area contributed by atoms with Crippen LogP contribution in [0.25, 0.3) is 44.4 Å². The molecule has 0 atom stereocenters. The predicted octanol–water partition coefficient (Wildman–Crippen LogP) is 10.1.